The number of hydrogen-bond acceptors (Lipinski definition) is 4. The molecule has 0 bridgehead atoms. The van der Waals surface area contributed by atoms with Crippen LogP contribution in [0.15, 0.2) is 54.6 Å². The molecule has 2 atom stereocenters. The van der Waals surface area contributed by atoms with E-state index in [-0.39, 0.29) is 30.2 Å². The maximum absolute atomic E-state index is 13.2. The molecule has 0 radical (unpaired) electrons. The van der Waals surface area contributed by atoms with Gasteiger partial charge in [-0.1, -0.05) is 56.3 Å². The lowest BCUT2D eigenvalue weighted by Crippen LogP contribution is -2.53. The van der Waals surface area contributed by atoms with Crippen molar-refractivity contribution in [3.8, 4) is 5.75 Å². The van der Waals surface area contributed by atoms with Gasteiger partial charge in [-0.3, -0.25) is 9.10 Å². The van der Waals surface area contributed by atoms with E-state index in [1.54, 1.807) is 36.4 Å². The van der Waals surface area contributed by atoms with E-state index >= 15 is 0 Å². The van der Waals surface area contributed by atoms with E-state index in [0.29, 0.717) is 17.0 Å². The number of carbonyl (C=O) groups is 1. The van der Waals surface area contributed by atoms with Gasteiger partial charge < -0.3 is 10.1 Å². The summed E-state index contributed by atoms with van der Waals surface area (Å²) >= 11 is 0. The fourth-order valence-corrected chi connectivity index (χ4v) is 4.53. The van der Waals surface area contributed by atoms with Crippen molar-refractivity contribution >= 4 is 21.6 Å². The fraction of sp³-hybridized carbons (Fsp3) is 0.381. The van der Waals surface area contributed by atoms with Crippen molar-refractivity contribution in [1.82, 2.24) is 5.32 Å². The number of amides is 1. The summed E-state index contributed by atoms with van der Waals surface area (Å²) in [4.78, 5) is 12.7. The van der Waals surface area contributed by atoms with Crippen molar-refractivity contribution in [3.05, 3.63) is 60.2 Å². The van der Waals surface area contributed by atoms with Gasteiger partial charge in [0.25, 0.3) is 5.91 Å². The second-order valence-corrected chi connectivity index (χ2v) is 9.28. The fourth-order valence-electron chi connectivity index (χ4n) is 2.95. The van der Waals surface area contributed by atoms with Gasteiger partial charge in [-0.2, -0.15) is 0 Å². The first kappa shape index (κ1) is 20.2. The average Bonchev–Trinajstić information content (AvgIpc) is 2.67. The van der Waals surface area contributed by atoms with E-state index in [2.05, 4.69) is 5.32 Å². The number of nitrogens with one attached hydrogen (secondary N) is 1. The van der Waals surface area contributed by atoms with Gasteiger partial charge in [0, 0.05) is 6.04 Å². The highest BCUT2D eigenvalue weighted by molar-refractivity contribution is 7.92. The van der Waals surface area contributed by atoms with Crippen molar-refractivity contribution in [2.45, 2.75) is 38.7 Å². The van der Waals surface area contributed by atoms with Crippen LogP contribution in [0.5, 0.6) is 5.75 Å². The zero-order valence-corrected chi connectivity index (χ0v) is 17.1. The molecule has 0 saturated carbocycles. The van der Waals surface area contributed by atoms with Crippen molar-refractivity contribution in [2.24, 2.45) is 5.92 Å². The maximum Gasteiger partial charge on any atom is 0.263 e. The zero-order chi connectivity index (χ0) is 20.3. The molecule has 2 aromatic rings. The number of benzene rings is 2. The van der Waals surface area contributed by atoms with Crippen LogP contribution < -0.4 is 14.4 Å². The molecule has 1 aliphatic heterocycles. The third-order valence-corrected chi connectivity index (χ3v) is 6.64. The first-order valence-electron chi connectivity index (χ1n) is 9.38. The van der Waals surface area contributed by atoms with Gasteiger partial charge in [-0.25, -0.2) is 8.42 Å². The SMILES string of the molecule is CC(C)[C@@H](C)NC(=O)[C@@H]1CN(S(=O)(=O)Cc2ccccc2)c2ccccc2O1. The number of hydrogen-bond donors (Lipinski definition) is 1. The van der Waals surface area contributed by atoms with Crippen LogP contribution >= 0.6 is 0 Å². The summed E-state index contributed by atoms with van der Waals surface area (Å²) in [5, 5.41) is 2.92. The van der Waals surface area contributed by atoms with Crippen molar-refractivity contribution < 1.29 is 17.9 Å². The van der Waals surface area contributed by atoms with Gasteiger partial charge in [-0.05, 0) is 30.5 Å². The Morgan fingerprint density at radius 1 is 1.11 bits per heavy atom. The molecular formula is C21H26N2O4S. The number of rotatable bonds is 6. The van der Waals surface area contributed by atoms with Crippen molar-refractivity contribution in [1.29, 1.82) is 0 Å². The monoisotopic (exact) mass is 402 g/mol. The van der Waals surface area contributed by atoms with E-state index in [1.165, 1.54) is 4.31 Å². The first-order valence-corrected chi connectivity index (χ1v) is 11.0. The topological polar surface area (TPSA) is 75.7 Å². The lowest BCUT2D eigenvalue weighted by Gasteiger charge is -2.35. The zero-order valence-electron chi connectivity index (χ0n) is 16.3. The van der Waals surface area contributed by atoms with E-state index in [4.69, 9.17) is 4.74 Å². The summed E-state index contributed by atoms with van der Waals surface area (Å²) in [7, 11) is -3.69. The van der Waals surface area contributed by atoms with Crippen molar-refractivity contribution in [2.75, 3.05) is 10.8 Å². The third-order valence-electron chi connectivity index (χ3n) is 4.92. The molecule has 0 aromatic heterocycles. The molecule has 1 aliphatic rings. The average molecular weight is 403 g/mol. The molecule has 0 spiro atoms. The Hall–Kier alpha value is -2.54. The van der Waals surface area contributed by atoms with Crippen LogP contribution in [0.1, 0.15) is 26.3 Å². The molecule has 1 amide bonds. The Balaban J connectivity index is 1.88. The molecule has 2 aromatic carbocycles. The number of carbonyl (C=O) groups excluding carboxylic acids is 1. The van der Waals surface area contributed by atoms with E-state index in [9.17, 15) is 13.2 Å². The molecule has 28 heavy (non-hydrogen) atoms. The Labute approximate surface area is 166 Å². The summed E-state index contributed by atoms with van der Waals surface area (Å²) in [5.74, 6) is 0.204. The summed E-state index contributed by atoms with van der Waals surface area (Å²) in [6, 6.07) is 15.9. The largest absolute Gasteiger partial charge is 0.476 e. The number of fused-ring (bicyclic) bond motifs is 1. The molecular weight excluding hydrogens is 376 g/mol. The third kappa shape index (κ3) is 4.47. The molecule has 0 fully saturated rings. The Bertz CT molecular complexity index is 928. The molecule has 1 N–H and O–H groups in total. The van der Waals surface area contributed by atoms with E-state index in [0.717, 1.165) is 0 Å². The van der Waals surface area contributed by atoms with Crippen molar-refractivity contribution in [3.63, 3.8) is 0 Å². The smallest absolute Gasteiger partial charge is 0.263 e. The van der Waals surface area contributed by atoms with Gasteiger partial charge in [-0.15, -0.1) is 0 Å². The second kappa shape index (κ2) is 8.22. The number of sulfonamides is 1. The molecule has 0 aliphatic carbocycles. The minimum atomic E-state index is -3.69. The minimum Gasteiger partial charge on any atom is -0.476 e. The van der Waals surface area contributed by atoms with Crippen LogP contribution in [0.25, 0.3) is 0 Å². The lowest BCUT2D eigenvalue weighted by atomic mass is 10.1. The highest BCUT2D eigenvalue weighted by Crippen LogP contribution is 2.35. The molecule has 150 valence electrons. The Morgan fingerprint density at radius 2 is 1.75 bits per heavy atom. The van der Waals surface area contributed by atoms with Gasteiger partial charge in [0.2, 0.25) is 10.0 Å². The molecule has 1 heterocycles. The van der Waals surface area contributed by atoms with E-state index < -0.39 is 16.1 Å². The summed E-state index contributed by atoms with van der Waals surface area (Å²) in [6.45, 7) is 5.89. The predicted molar refractivity (Wildman–Crippen MR) is 110 cm³/mol. The predicted octanol–water partition coefficient (Wildman–Crippen LogP) is 2.94. The summed E-state index contributed by atoms with van der Waals surface area (Å²) in [5.41, 5.74) is 1.15. The molecule has 6 nitrogen and oxygen atoms in total. The van der Waals surface area contributed by atoms with Gasteiger partial charge in [0.15, 0.2) is 6.10 Å². The molecule has 3 rings (SSSR count). The van der Waals surface area contributed by atoms with Gasteiger partial charge in [0.05, 0.1) is 18.0 Å². The van der Waals surface area contributed by atoms with Crippen LogP contribution in [-0.4, -0.2) is 33.0 Å². The van der Waals surface area contributed by atoms with Crippen LogP contribution in [0.2, 0.25) is 0 Å². The highest BCUT2D eigenvalue weighted by atomic mass is 32.2. The molecule has 0 saturated heterocycles. The number of para-hydroxylation sites is 2. The first-order chi connectivity index (χ1) is 13.3. The number of nitrogens with zero attached hydrogens (tertiary/aromatic N) is 1. The van der Waals surface area contributed by atoms with Crippen LogP contribution in [0.4, 0.5) is 5.69 Å². The quantitative estimate of drug-likeness (QED) is 0.806. The van der Waals surface area contributed by atoms with Gasteiger partial charge >= 0.3 is 0 Å². The summed E-state index contributed by atoms with van der Waals surface area (Å²) < 4.78 is 33.4. The van der Waals surface area contributed by atoms with Crippen LogP contribution in [0, 0.1) is 5.92 Å². The second-order valence-electron chi connectivity index (χ2n) is 7.39. The van der Waals surface area contributed by atoms with Crippen LogP contribution in [0.3, 0.4) is 0 Å². The normalized spacial score (nSPS) is 17.6. The molecule has 7 heteroatoms. The lowest BCUT2D eigenvalue weighted by molar-refractivity contribution is -0.128. The van der Waals surface area contributed by atoms with Gasteiger partial charge in [0.1, 0.15) is 5.75 Å². The Morgan fingerprint density at radius 3 is 2.43 bits per heavy atom. The highest BCUT2D eigenvalue weighted by Gasteiger charge is 2.37. The number of ether oxygens (including phenoxy) is 1. The maximum atomic E-state index is 13.2. The Kier molecular flexibility index (Phi) is 5.93. The molecule has 0 unspecified atom stereocenters. The number of anilines is 1. The standard InChI is InChI=1S/C21H26N2O4S/c1-15(2)16(3)22-21(24)20-13-23(18-11-7-8-12-19(18)27-20)28(25,26)14-17-9-5-4-6-10-17/h4-12,15-16,20H,13-14H2,1-3H3,(H,22,24)/t16-,20+/m1/s1. The summed E-state index contributed by atoms with van der Waals surface area (Å²) in [6.07, 6.45) is -0.901. The van der Waals surface area contributed by atoms with E-state index in [1.807, 2.05) is 39.0 Å². The minimum absolute atomic E-state index is 0.0392. The van der Waals surface area contributed by atoms with Crippen LogP contribution in [-0.2, 0) is 20.6 Å².